The molecule has 0 fully saturated rings. The third-order valence-electron chi connectivity index (χ3n) is 3.85. The first-order chi connectivity index (χ1) is 15.3. The summed E-state index contributed by atoms with van der Waals surface area (Å²) >= 11 is 5.67. The first-order valence-electron chi connectivity index (χ1n) is 8.32. The fraction of sp³-hybridized carbons (Fsp3) is 0.312. The third kappa shape index (κ3) is 5.87. The predicted octanol–water partition coefficient (Wildman–Crippen LogP) is 5.28. The summed E-state index contributed by atoms with van der Waals surface area (Å²) in [6.07, 6.45) is -17.2. The van der Waals surface area contributed by atoms with Crippen molar-refractivity contribution in [3.63, 3.8) is 0 Å². The smallest absolute Gasteiger partial charge is 0.343 e. The van der Waals surface area contributed by atoms with Gasteiger partial charge < -0.3 is 10.6 Å². The van der Waals surface area contributed by atoms with Crippen LogP contribution in [-0.4, -0.2) is 40.9 Å². The van der Waals surface area contributed by atoms with Gasteiger partial charge >= 0.3 is 24.5 Å². The van der Waals surface area contributed by atoms with Gasteiger partial charge in [-0.05, 0) is 18.2 Å². The number of nitrogens with one attached hydrogen (secondary N) is 3. The van der Waals surface area contributed by atoms with Crippen molar-refractivity contribution in [1.29, 1.82) is 0 Å². The van der Waals surface area contributed by atoms with Gasteiger partial charge in [0.1, 0.15) is 17.8 Å². The average molecular weight is 533 g/mol. The molecule has 0 bridgehead atoms. The van der Waals surface area contributed by atoms with Crippen LogP contribution in [0.2, 0.25) is 5.02 Å². The Morgan fingerprint density at radius 3 is 2.03 bits per heavy atom. The van der Waals surface area contributed by atoms with Crippen molar-refractivity contribution in [3.05, 3.63) is 45.7 Å². The Hall–Kier alpha value is -3.11. The SMILES string of the molecule is O=C(NCC(F)(F)F)c1cc(NC(=O)c2n[nH]c(C(F)(F)C(F)(F)F)c2C(F)(F)F)ccc1Cl. The molecule has 2 amide bonds. The molecule has 1 aromatic carbocycles. The quantitative estimate of drug-likeness (QED) is 0.458. The molecule has 2 rings (SSSR count). The number of H-pyrrole nitrogens is 1. The second kappa shape index (κ2) is 8.92. The van der Waals surface area contributed by atoms with Crippen LogP contribution in [0, 0.1) is 0 Å². The number of anilines is 1. The van der Waals surface area contributed by atoms with E-state index in [0.29, 0.717) is 6.07 Å². The monoisotopic (exact) mass is 532 g/mol. The highest BCUT2D eigenvalue weighted by molar-refractivity contribution is 6.34. The van der Waals surface area contributed by atoms with Crippen LogP contribution in [0.1, 0.15) is 32.1 Å². The normalized spacial score (nSPS) is 13.1. The molecule has 1 aromatic heterocycles. The third-order valence-corrected chi connectivity index (χ3v) is 4.18. The molecule has 3 N–H and O–H groups in total. The summed E-state index contributed by atoms with van der Waals surface area (Å²) in [5.74, 6) is -9.40. The summed E-state index contributed by atoms with van der Waals surface area (Å²) in [6, 6.07) is 2.32. The summed E-state index contributed by atoms with van der Waals surface area (Å²) in [7, 11) is 0. The van der Waals surface area contributed by atoms with Crippen molar-refractivity contribution >= 4 is 29.1 Å². The van der Waals surface area contributed by atoms with Gasteiger partial charge in [0.15, 0.2) is 5.69 Å². The van der Waals surface area contributed by atoms with Gasteiger partial charge in [-0.3, -0.25) is 14.7 Å². The van der Waals surface area contributed by atoms with Gasteiger partial charge in [0.2, 0.25) is 0 Å². The number of alkyl halides is 11. The standard InChI is InChI=1S/C16H8ClF11N4O2/c17-7-2-1-5(3-6(7)11(33)29-4-13(18,19)20)30-12(34)9-8(15(23,24)25)10(32-31-9)14(21,22)16(26,27)28/h1-3H,4H2,(H,29,33)(H,30,34)(H,31,32). The molecular formula is C16H8ClF11N4O2. The van der Waals surface area contributed by atoms with Gasteiger partial charge in [-0.25, -0.2) is 0 Å². The number of hydrogen-bond donors (Lipinski definition) is 3. The predicted molar refractivity (Wildman–Crippen MR) is 91.3 cm³/mol. The molecule has 6 nitrogen and oxygen atoms in total. The largest absolute Gasteiger partial charge is 0.459 e. The molecule has 0 spiro atoms. The van der Waals surface area contributed by atoms with Gasteiger partial charge in [-0.1, -0.05) is 11.6 Å². The highest BCUT2D eigenvalue weighted by Gasteiger charge is 2.63. The maximum atomic E-state index is 13.5. The molecule has 0 aliphatic heterocycles. The molecule has 0 saturated heterocycles. The fourth-order valence-electron chi connectivity index (χ4n) is 2.39. The van der Waals surface area contributed by atoms with Crippen LogP contribution in [0.3, 0.4) is 0 Å². The molecule has 0 atom stereocenters. The summed E-state index contributed by atoms with van der Waals surface area (Å²) in [5, 5.41) is 6.15. The Morgan fingerprint density at radius 2 is 1.53 bits per heavy atom. The lowest BCUT2D eigenvalue weighted by Gasteiger charge is -2.20. The maximum absolute atomic E-state index is 13.5. The Kier molecular flexibility index (Phi) is 7.12. The molecule has 188 valence electrons. The topological polar surface area (TPSA) is 86.9 Å². The van der Waals surface area contributed by atoms with Crippen LogP contribution < -0.4 is 10.6 Å². The van der Waals surface area contributed by atoms with Crippen LogP contribution in [0.5, 0.6) is 0 Å². The number of nitrogens with zero attached hydrogens (tertiary/aromatic N) is 1. The van der Waals surface area contributed by atoms with Gasteiger partial charge in [0, 0.05) is 5.69 Å². The van der Waals surface area contributed by atoms with Crippen molar-refractivity contribution in [2.24, 2.45) is 0 Å². The van der Waals surface area contributed by atoms with E-state index in [1.165, 1.54) is 5.32 Å². The van der Waals surface area contributed by atoms with Crippen molar-refractivity contribution in [2.45, 2.75) is 24.5 Å². The van der Waals surface area contributed by atoms with Gasteiger partial charge in [0.25, 0.3) is 11.8 Å². The zero-order valence-corrected chi connectivity index (χ0v) is 16.5. The van der Waals surface area contributed by atoms with Crippen LogP contribution in [0.25, 0.3) is 0 Å². The summed E-state index contributed by atoms with van der Waals surface area (Å²) < 4.78 is 141. The fourth-order valence-corrected chi connectivity index (χ4v) is 2.60. The number of amides is 2. The highest BCUT2D eigenvalue weighted by Crippen LogP contribution is 2.48. The first-order valence-corrected chi connectivity index (χ1v) is 8.70. The number of carbonyl (C=O) groups is 2. The average Bonchev–Trinajstić information content (AvgIpc) is 3.12. The van der Waals surface area contributed by atoms with E-state index in [9.17, 15) is 57.9 Å². The molecule has 1 heterocycles. The van der Waals surface area contributed by atoms with E-state index in [0.717, 1.165) is 17.2 Å². The second-order valence-corrected chi connectivity index (χ2v) is 6.75. The summed E-state index contributed by atoms with van der Waals surface area (Å²) in [4.78, 5) is 24.0. The van der Waals surface area contributed by atoms with Crippen molar-refractivity contribution in [3.8, 4) is 0 Å². The highest BCUT2D eigenvalue weighted by atomic mass is 35.5. The van der Waals surface area contributed by atoms with Crippen LogP contribution in [0.4, 0.5) is 54.0 Å². The lowest BCUT2D eigenvalue weighted by molar-refractivity contribution is -0.292. The van der Waals surface area contributed by atoms with Gasteiger partial charge in [-0.2, -0.15) is 53.4 Å². The molecule has 0 aliphatic carbocycles. The molecule has 18 heteroatoms. The second-order valence-electron chi connectivity index (χ2n) is 6.34. The van der Waals surface area contributed by atoms with Gasteiger partial charge in [0.05, 0.1) is 10.6 Å². The zero-order chi connectivity index (χ0) is 26.3. The Labute approximate surface area is 185 Å². The van der Waals surface area contributed by atoms with E-state index < -0.39 is 76.0 Å². The molecule has 2 aromatic rings. The van der Waals surface area contributed by atoms with E-state index in [-0.39, 0.29) is 0 Å². The summed E-state index contributed by atoms with van der Waals surface area (Å²) in [6.45, 7) is -1.78. The molecule has 0 saturated carbocycles. The number of rotatable bonds is 5. The molecule has 34 heavy (non-hydrogen) atoms. The molecule has 0 radical (unpaired) electrons. The van der Waals surface area contributed by atoms with Crippen molar-refractivity contribution < 1.29 is 57.9 Å². The van der Waals surface area contributed by atoms with Crippen LogP contribution in [-0.2, 0) is 12.1 Å². The Bertz CT molecular complexity index is 1090. The minimum absolute atomic E-state index is 0.444. The Balaban J connectivity index is 2.41. The zero-order valence-electron chi connectivity index (χ0n) is 15.7. The van der Waals surface area contributed by atoms with Gasteiger partial charge in [-0.15, -0.1) is 0 Å². The first kappa shape index (κ1) is 27.1. The lowest BCUT2D eigenvalue weighted by atomic mass is 10.1. The number of hydrogen-bond acceptors (Lipinski definition) is 3. The van der Waals surface area contributed by atoms with E-state index >= 15 is 0 Å². The number of aromatic amines is 1. The Morgan fingerprint density at radius 1 is 0.941 bits per heavy atom. The minimum Gasteiger partial charge on any atom is -0.343 e. The van der Waals surface area contributed by atoms with Crippen molar-refractivity contribution in [1.82, 2.24) is 15.5 Å². The van der Waals surface area contributed by atoms with Crippen LogP contribution in [0.15, 0.2) is 18.2 Å². The lowest BCUT2D eigenvalue weighted by Crippen LogP contribution is -2.36. The van der Waals surface area contributed by atoms with E-state index in [1.807, 2.05) is 0 Å². The van der Waals surface area contributed by atoms with E-state index in [1.54, 1.807) is 5.32 Å². The number of aromatic nitrogens is 2. The minimum atomic E-state index is -6.47. The number of carbonyl (C=O) groups excluding carboxylic acids is 2. The molecule has 0 unspecified atom stereocenters. The van der Waals surface area contributed by atoms with Crippen LogP contribution >= 0.6 is 11.6 Å². The summed E-state index contributed by atoms with van der Waals surface area (Å²) in [5.41, 5.74) is -8.59. The molecule has 0 aliphatic rings. The van der Waals surface area contributed by atoms with E-state index in [4.69, 9.17) is 11.6 Å². The van der Waals surface area contributed by atoms with Crippen molar-refractivity contribution in [2.75, 3.05) is 11.9 Å². The number of halogens is 12. The number of benzene rings is 1. The molecular weight excluding hydrogens is 525 g/mol. The maximum Gasteiger partial charge on any atom is 0.459 e. The van der Waals surface area contributed by atoms with E-state index in [2.05, 4.69) is 5.10 Å².